The summed E-state index contributed by atoms with van der Waals surface area (Å²) >= 11 is 3.54. The van der Waals surface area contributed by atoms with E-state index in [1.807, 2.05) is 41.3 Å². The average molecular weight is 359 g/mol. The summed E-state index contributed by atoms with van der Waals surface area (Å²) in [6.45, 7) is 3.79. The molecule has 0 spiro atoms. The second-order valence-corrected chi connectivity index (χ2v) is 6.67. The van der Waals surface area contributed by atoms with E-state index in [-0.39, 0.29) is 11.9 Å². The van der Waals surface area contributed by atoms with Crippen LogP contribution < -0.4 is 10.2 Å². The number of rotatable bonds is 2. The van der Waals surface area contributed by atoms with Gasteiger partial charge in [0.15, 0.2) is 0 Å². The molecule has 0 bridgehead atoms. The predicted octanol–water partition coefficient (Wildman–Crippen LogP) is 4.75. The first-order chi connectivity index (χ1) is 10.6. The molecule has 0 unspecified atom stereocenters. The highest BCUT2D eigenvalue weighted by Gasteiger charge is 2.31. The van der Waals surface area contributed by atoms with Gasteiger partial charge in [0.1, 0.15) is 0 Å². The summed E-state index contributed by atoms with van der Waals surface area (Å²) in [5.74, 6) is 0.0659. The van der Waals surface area contributed by atoms with Gasteiger partial charge in [0.25, 0.3) is 0 Å². The number of fused-ring (bicyclic) bond motifs is 1. The summed E-state index contributed by atoms with van der Waals surface area (Å²) in [4.78, 5) is 14.2. The second kappa shape index (κ2) is 6.13. The molecule has 0 saturated carbocycles. The molecule has 22 heavy (non-hydrogen) atoms. The standard InChI is InChI=1S/C18H19BrN2O/c1-12-10-18(16-11-14(19)8-9-17(16)20-12)21(13(2)22)15-6-4-3-5-7-15/h3-9,11-12,18,20H,10H2,1-2H3/t12-,18-/m1/s1. The normalized spacial score (nSPS) is 20.0. The minimum absolute atomic E-state index is 0.0450. The Morgan fingerprint density at radius 2 is 1.95 bits per heavy atom. The molecule has 1 aliphatic heterocycles. The summed E-state index contributed by atoms with van der Waals surface area (Å²) in [6, 6.07) is 16.5. The quantitative estimate of drug-likeness (QED) is 0.840. The van der Waals surface area contributed by atoms with Crippen LogP contribution in [0.15, 0.2) is 53.0 Å². The van der Waals surface area contributed by atoms with Gasteiger partial charge in [-0.1, -0.05) is 34.1 Å². The third-order valence-electron chi connectivity index (χ3n) is 4.04. The zero-order valence-electron chi connectivity index (χ0n) is 12.7. The molecule has 1 amide bonds. The molecule has 3 rings (SSSR count). The molecule has 0 aromatic heterocycles. The number of hydrogen-bond acceptors (Lipinski definition) is 2. The van der Waals surface area contributed by atoms with Crippen LogP contribution in [-0.4, -0.2) is 11.9 Å². The van der Waals surface area contributed by atoms with Crippen molar-refractivity contribution < 1.29 is 4.79 Å². The van der Waals surface area contributed by atoms with Gasteiger partial charge in [0, 0.05) is 28.8 Å². The fraction of sp³-hybridized carbons (Fsp3) is 0.278. The van der Waals surface area contributed by atoms with E-state index in [1.165, 1.54) is 0 Å². The molecule has 1 heterocycles. The summed E-state index contributed by atoms with van der Waals surface area (Å²) in [5.41, 5.74) is 3.21. The smallest absolute Gasteiger partial charge is 0.224 e. The van der Waals surface area contributed by atoms with Crippen molar-refractivity contribution in [3.8, 4) is 0 Å². The van der Waals surface area contributed by atoms with Gasteiger partial charge < -0.3 is 10.2 Å². The van der Waals surface area contributed by atoms with Crippen LogP contribution in [0, 0.1) is 0 Å². The Morgan fingerprint density at radius 3 is 2.64 bits per heavy atom. The molecule has 0 aliphatic carbocycles. The Labute approximate surface area is 139 Å². The lowest BCUT2D eigenvalue weighted by Crippen LogP contribution is -2.39. The molecule has 0 saturated heterocycles. The number of halogens is 1. The van der Waals surface area contributed by atoms with Crippen LogP contribution in [0.25, 0.3) is 0 Å². The molecule has 2 aromatic rings. The van der Waals surface area contributed by atoms with Crippen molar-refractivity contribution in [3.05, 3.63) is 58.6 Å². The van der Waals surface area contributed by atoms with E-state index < -0.39 is 0 Å². The van der Waals surface area contributed by atoms with Gasteiger partial charge >= 0.3 is 0 Å². The van der Waals surface area contributed by atoms with Gasteiger partial charge in [0.05, 0.1) is 6.04 Å². The topological polar surface area (TPSA) is 32.3 Å². The number of amides is 1. The van der Waals surface area contributed by atoms with E-state index in [4.69, 9.17) is 0 Å². The maximum absolute atomic E-state index is 12.3. The Hall–Kier alpha value is -1.81. The van der Waals surface area contributed by atoms with Crippen molar-refractivity contribution in [1.29, 1.82) is 0 Å². The lowest BCUT2D eigenvalue weighted by atomic mass is 9.92. The number of nitrogens with zero attached hydrogens (tertiary/aromatic N) is 1. The van der Waals surface area contributed by atoms with Crippen LogP contribution in [0.1, 0.15) is 31.9 Å². The van der Waals surface area contributed by atoms with E-state index in [0.717, 1.165) is 27.8 Å². The Kier molecular flexibility index (Phi) is 4.21. The predicted molar refractivity (Wildman–Crippen MR) is 94.2 cm³/mol. The first-order valence-corrected chi connectivity index (χ1v) is 8.26. The zero-order chi connectivity index (χ0) is 15.7. The number of carbonyl (C=O) groups excluding carboxylic acids is 1. The molecule has 1 aliphatic rings. The summed E-state index contributed by atoms with van der Waals surface area (Å²) < 4.78 is 1.03. The number of benzene rings is 2. The van der Waals surface area contributed by atoms with E-state index in [1.54, 1.807) is 6.92 Å². The number of hydrogen-bond donors (Lipinski definition) is 1. The Morgan fingerprint density at radius 1 is 1.23 bits per heavy atom. The van der Waals surface area contributed by atoms with Crippen LogP contribution in [0.2, 0.25) is 0 Å². The molecule has 3 nitrogen and oxygen atoms in total. The highest BCUT2D eigenvalue weighted by molar-refractivity contribution is 9.10. The third-order valence-corrected chi connectivity index (χ3v) is 4.53. The van der Waals surface area contributed by atoms with Crippen molar-refractivity contribution in [2.24, 2.45) is 0 Å². The van der Waals surface area contributed by atoms with Crippen molar-refractivity contribution in [1.82, 2.24) is 0 Å². The minimum Gasteiger partial charge on any atom is -0.382 e. The third kappa shape index (κ3) is 2.88. The Balaban J connectivity index is 2.09. The van der Waals surface area contributed by atoms with Gasteiger partial charge in [0.2, 0.25) is 5.91 Å². The highest BCUT2D eigenvalue weighted by Crippen LogP contribution is 2.40. The Bertz CT molecular complexity index is 687. The van der Waals surface area contributed by atoms with Crippen LogP contribution in [0.5, 0.6) is 0 Å². The summed E-state index contributed by atoms with van der Waals surface area (Å²) in [7, 11) is 0. The summed E-state index contributed by atoms with van der Waals surface area (Å²) in [6.07, 6.45) is 0.887. The maximum Gasteiger partial charge on any atom is 0.224 e. The molecule has 2 aromatic carbocycles. The number of anilines is 2. The van der Waals surface area contributed by atoms with E-state index in [9.17, 15) is 4.79 Å². The van der Waals surface area contributed by atoms with Crippen molar-refractivity contribution in [2.45, 2.75) is 32.4 Å². The van der Waals surface area contributed by atoms with E-state index in [0.29, 0.717) is 6.04 Å². The van der Waals surface area contributed by atoms with Gasteiger partial charge in [-0.15, -0.1) is 0 Å². The maximum atomic E-state index is 12.3. The first-order valence-electron chi connectivity index (χ1n) is 7.47. The molecule has 1 N–H and O–H groups in total. The molecular formula is C18H19BrN2O. The number of nitrogens with one attached hydrogen (secondary N) is 1. The average Bonchev–Trinajstić information content (AvgIpc) is 2.49. The fourth-order valence-electron chi connectivity index (χ4n) is 3.14. The number of para-hydroxylation sites is 1. The SMILES string of the molecule is CC(=O)N(c1ccccc1)[C@@H]1C[C@@H](C)Nc2ccc(Br)cc21. The number of carbonyl (C=O) groups is 1. The van der Waals surface area contributed by atoms with Crippen molar-refractivity contribution >= 4 is 33.2 Å². The molecule has 114 valence electrons. The molecule has 0 fully saturated rings. The van der Waals surface area contributed by atoms with Crippen molar-refractivity contribution in [3.63, 3.8) is 0 Å². The monoisotopic (exact) mass is 358 g/mol. The molecule has 0 radical (unpaired) electrons. The summed E-state index contributed by atoms with van der Waals surface area (Å²) in [5, 5.41) is 3.50. The molecule has 4 heteroatoms. The minimum atomic E-state index is 0.0450. The van der Waals surface area contributed by atoms with Gasteiger partial charge in [-0.05, 0) is 49.2 Å². The van der Waals surface area contributed by atoms with Crippen LogP contribution in [-0.2, 0) is 4.79 Å². The van der Waals surface area contributed by atoms with E-state index in [2.05, 4.69) is 40.3 Å². The van der Waals surface area contributed by atoms with Crippen LogP contribution in [0.3, 0.4) is 0 Å². The zero-order valence-corrected chi connectivity index (χ0v) is 14.3. The van der Waals surface area contributed by atoms with Gasteiger partial charge in [-0.25, -0.2) is 0 Å². The molecule has 2 atom stereocenters. The van der Waals surface area contributed by atoms with Gasteiger partial charge in [-0.3, -0.25) is 4.79 Å². The van der Waals surface area contributed by atoms with Crippen LogP contribution >= 0.6 is 15.9 Å². The fourth-order valence-corrected chi connectivity index (χ4v) is 3.52. The lowest BCUT2D eigenvalue weighted by Gasteiger charge is -2.38. The molecular weight excluding hydrogens is 340 g/mol. The first kappa shape index (κ1) is 15.1. The lowest BCUT2D eigenvalue weighted by molar-refractivity contribution is -0.117. The van der Waals surface area contributed by atoms with Crippen molar-refractivity contribution in [2.75, 3.05) is 10.2 Å². The van der Waals surface area contributed by atoms with E-state index >= 15 is 0 Å². The van der Waals surface area contributed by atoms with Gasteiger partial charge in [-0.2, -0.15) is 0 Å². The van der Waals surface area contributed by atoms with Crippen LogP contribution in [0.4, 0.5) is 11.4 Å². The highest BCUT2D eigenvalue weighted by atomic mass is 79.9. The second-order valence-electron chi connectivity index (χ2n) is 5.75. The largest absolute Gasteiger partial charge is 0.382 e.